The molecule has 0 aliphatic carbocycles. The molecule has 0 aromatic heterocycles. The Labute approximate surface area is 115 Å². The van der Waals surface area contributed by atoms with Crippen LogP contribution in [0.3, 0.4) is 0 Å². The van der Waals surface area contributed by atoms with E-state index in [9.17, 15) is 0 Å². The van der Waals surface area contributed by atoms with E-state index in [0.29, 0.717) is 0 Å². The maximum atomic E-state index is 2.75. The average molecular weight is 292 g/mol. The van der Waals surface area contributed by atoms with Crippen LogP contribution in [0.4, 0.5) is 0 Å². The summed E-state index contributed by atoms with van der Waals surface area (Å²) in [5.74, 6) is 0. The Bertz CT molecular complexity index is 99.4. The zero-order valence-corrected chi connectivity index (χ0v) is 13.3. The van der Waals surface area contributed by atoms with Crippen LogP contribution in [0.15, 0.2) is 30.3 Å². The van der Waals surface area contributed by atoms with Crippen molar-refractivity contribution in [2.45, 2.75) is 0 Å². The predicted octanol–water partition coefficient (Wildman–Crippen LogP) is 0.910. The van der Waals surface area contributed by atoms with Crippen molar-refractivity contribution >= 4 is 0 Å². The third-order valence-corrected chi connectivity index (χ3v) is 0.556. The van der Waals surface area contributed by atoms with Crippen LogP contribution in [0.5, 0.6) is 0 Å². The fourth-order valence-electron chi connectivity index (χ4n) is 0.321. The Kier molecular flexibility index (Phi) is 59.9. The first-order chi connectivity index (χ1) is 6.74. The number of nitrogens with one attached hydrogen (secondary N) is 3. The van der Waals surface area contributed by atoms with Gasteiger partial charge >= 0.3 is 0 Å². The van der Waals surface area contributed by atoms with Gasteiger partial charge in [0.25, 0.3) is 0 Å². The first-order valence-corrected chi connectivity index (χ1v) is 4.67. The van der Waals surface area contributed by atoms with Crippen molar-refractivity contribution in [3.63, 3.8) is 0 Å². The summed E-state index contributed by atoms with van der Waals surface area (Å²) in [5, 5.41) is 8.25. The smallest absolute Gasteiger partial charge is 0 e. The van der Waals surface area contributed by atoms with Crippen LogP contribution in [-0.4, -0.2) is 42.3 Å². The molecule has 90 valence electrons. The third kappa shape index (κ3) is 79.2. The fourth-order valence-corrected chi connectivity index (χ4v) is 0.321. The van der Waals surface area contributed by atoms with Gasteiger partial charge in [0.1, 0.15) is 0 Å². The van der Waals surface area contributed by atoms with E-state index in [4.69, 9.17) is 0 Å². The molecular formula is C11H26N3Zr-. The average Bonchev–Trinajstić information content (AvgIpc) is 2.63. The minimum absolute atomic E-state index is 0. The van der Waals surface area contributed by atoms with Crippen LogP contribution < -0.4 is 16.0 Å². The summed E-state index contributed by atoms with van der Waals surface area (Å²) in [7, 11) is 11.2. The molecule has 0 aliphatic rings. The molecule has 0 bridgehead atoms. The van der Waals surface area contributed by atoms with E-state index in [2.05, 4.69) is 16.0 Å². The van der Waals surface area contributed by atoms with E-state index < -0.39 is 0 Å². The van der Waals surface area contributed by atoms with E-state index >= 15 is 0 Å². The summed E-state index contributed by atoms with van der Waals surface area (Å²) in [6.45, 7) is 0. The molecule has 3 nitrogen and oxygen atoms in total. The summed E-state index contributed by atoms with van der Waals surface area (Å²) in [4.78, 5) is 0. The Balaban J connectivity index is -0.0000000550. The summed E-state index contributed by atoms with van der Waals surface area (Å²) in [6, 6.07) is 10.0. The van der Waals surface area contributed by atoms with Crippen LogP contribution in [0, 0.1) is 0 Å². The zero-order chi connectivity index (χ0) is 11.7. The molecule has 0 saturated carbocycles. The van der Waals surface area contributed by atoms with Gasteiger partial charge in [-0.25, -0.2) is 12.1 Å². The second-order valence-electron chi connectivity index (χ2n) is 2.46. The van der Waals surface area contributed by atoms with Crippen LogP contribution >= 0.6 is 0 Å². The van der Waals surface area contributed by atoms with E-state index in [1.165, 1.54) is 0 Å². The maximum Gasteiger partial charge on any atom is 0 e. The van der Waals surface area contributed by atoms with Gasteiger partial charge in [-0.15, -0.1) is 0 Å². The van der Waals surface area contributed by atoms with Crippen LogP contribution in [0.25, 0.3) is 0 Å². The molecule has 15 heavy (non-hydrogen) atoms. The molecule has 0 spiro atoms. The molecule has 0 aliphatic heterocycles. The minimum Gasteiger partial charge on any atom is -0.323 e. The van der Waals surface area contributed by atoms with E-state index in [-0.39, 0.29) is 26.2 Å². The van der Waals surface area contributed by atoms with E-state index in [1.807, 2.05) is 72.6 Å². The molecule has 0 heterocycles. The Morgan fingerprint density at radius 2 is 0.867 bits per heavy atom. The van der Waals surface area contributed by atoms with E-state index in [1.54, 1.807) is 0 Å². The second-order valence-corrected chi connectivity index (χ2v) is 2.46. The fraction of sp³-hybridized carbons (Fsp3) is 0.545. The van der Waals surface area contributed by atoms with Crippen LogP contribution in [0.1, 0.15) is 0 Å². The molecule has 0 fully saturated rings. The van der Waals surface area contributed by atoms with Gasteiger partial charge in [-0.2, -0.15) is 18.2 Å². The van der Waals surface area contributed by atoms with Gasteiger partial charge in [-0.3, -0.25) is 0 Å². The summed E-state index contributed by atoms with van der Waals surface area (Å²) >= 11 is 0. The van der Waals surface area contributed by atoms with Crippen molar-refractivity contribution in [2.75, 3.05) is 42.3 Å². The number of hydrogen-bond donors (Lipinski definition) is 3. The monoisotopic (exact) mass is 290 g/mol. The molecule has 1 rings (SSSR count). The largest absolute Gasteiger partial charge is 0.323 e. The Morgan fingerprint density at radius 1 is 0.667 bits per heavy atom. The van der Waals surface area contributed by atoms with Gasteiger partial charge in [-0.1, -0.05) is 0 Å². The molecule has 0 radical (unpaired) electrons. The van der Waals surface area contributed by atoms with Crippen molar-refractivity contribution in [1.29, 1.82) is 0 Å². The second kappa shape index (κ2) is 36.9. The first kappa shape index (κ1) is 24.4. The van der Waals surface area contributed by atoms with Crippen molar-refractivity contribution < 1.29 is 26.2 Å². The van der Waals surface area contributed by atoms with Gasteiger partial charge < -0.3 is 16.0 Å². The van der Waals surface area contributed by atoms with Gasteiger partial charge in [0, 0.05) is 26.2 Å². The van der Waals surface area contributed by atoms with Gasteiger partial charge in [0.05, 0.1) is 0 Å². The topological polar surface area (TPSA) is 36.1 Å². The number of hydrogen-bond acceptors (Lipinski definition) is 3. The molecule has 0 amide bonds. The standard InChI is InChI=1S/C5H5.3C2H7N.Zr/c1-2-4-5-3-1;3*1-3-2;/h1-5H;3*3H,1-2H3;/q-1;;;;. The van der Waals surface area contributed by atoms with Crippen LogP contribution in [-0.2, 0) is 26.2 Å². The van der Waals surface area contributed by atoms with Crippen molar-refractivity contribution in [2.24, 2.45) is 0 Å². The van der Waals surface area contributed by atoms with E-state index in [0.717, 1.165) is 0 Å². The van der Waals surface area contributed by atoms with Crippen LogP contribution in [0.2, 0.25) is 0 Å². The summed E-state index contributed by atoms with van der Waals surface area (Å²) in [5.41, 5.74) is 0. The quantitative estimate of drug-likeness (QED) is 0.622. The predicted molar refractivity (Wildman–Crippen MR) is 67.0 cm³/mol. The maximum absolute atomic E-state index is 2.75. The third-order valence-electron chi connectivity index (χ3n) is 0.556. The van der Waals surface area contributed by atoms with Gasteiger partial charge in [0.2, 0.25) is 0 Å². The van der Waals surface area contributed by atoms with Gasteiger partial charge in [0.15, 0.2) is 0 Å². The number of rotatable bonds is 0. The molecular weight excluding hydrogens is 265 g/mol. The molecule has 0 saturated heterocycles. The van der Waals surface area contributed by atoms with Crippen molar-refractivity contribution in [3.05, 3.63) is 30.3 Å². The summed E-state index contributed by atoms with van der Waals surface area (Å²) in [6.07, 6.45) is 0. The Hall–Kier alpha value is 0.113. The van der Waals surface area contributed by atoms with Crippen molar-refractivity contribution in [3.8, 4) is 0 Å². The molecule has 0 atom stereocenters. The summed E-state index contributed by atoms with van der Waals surface area (Å²) < 4.78 is 0. The van der Waals surface area contributed by atoms with Crippen molar-refractivity contribution in [1.82, 2.24) is 16.0 Å². The first-order valence-electron chi connectivity index (χ1n) is 4.67. The Morgan fingerprint density at radius 3 is 0.933 bits per heavy atom. The minimum atomic E-state index is 0. The molecule has 1 aromatic rings. The molecule has 0 unspecified atom stereocenters. The molecule has 4 heteroatoms. The molecule has 3 N–H and O–H groups in total. The zero-order valence-electron chi connectivity index (χ0n) is 10.9. The molecule has 1 aromatic carbocycles. The normalized spacial score (nSPS) is 6.27. The van der Waals surface area contributed by atoms with Gasteiger partial charge in [-0.05, 0) is 42.3 Å². The SMILES string of the molecule is CNC.CNC.CNC.[Zr].c1cc[cH-]c1.